The highest BCUT2D eigenvalue weighted by molar-refractivity contribution is 7.99. The first-order valence-electron chi connectivity index (χ1n) is 5.85. The van der Waals surface area contributed by atoms with Crippen molar-refractivity contribution in [1.29, 1.82) is 0 Å². The predicted octanol–water partition coefficient (Wildman–Crippen LogP) is -0.111. The number of hydrogen-bond acceptors (Lipinski definition) is 6. The number of thioether (sulfide) groups is 1. The minimum absolute atomic E-state index is 0.204. The standard InChI is InChI=1S/C10H16N4O3S/c1-2-17-8(15)7(11)5-18-10-13-12-9(16)14(10)6-3-4-6/h6-7H,2-5,11H2,1H3,(H,12,16). The molecule has 1 unspecified atom stereocenters. The van der Waals surface area contributed by atoms with Crippen LogP contribution in [0.1, 0.15) is 25.8 Å². The highest BCUT2D eigenvalue weighted by atomic mass is 32.2. The van der Waals surface area contributed by atoms with Crippen LogP contribution in [0.4, 0.5) is 0 Å². The minimum Gasteiger partial charge on any atom is -0.465 e. The van der Waals surface area contributed by atoms with Crippen molar-refractivity contribution in [3.8, 4) is 0 Å². The number of ether oxygens (including phenoxy) is 1. The van der Waals surface area contributed by atoms with Crippen LogP contribution in [0.2, 0.25) is 0 Å². The third kappa shape index (κ3) is 2.94. The Morgan fingerprint density at radius 3 is 3.06 bits per heavy atom. The average molecular weight is 272 g/mol. The number of nitrogens with zero attached hydrogens (tertiary/aromatic N) is 2. The number of carbonyl (C=O) groups is 1. The molecule has 1 fully saturated rings. The Morgan fingerprint density at radius 1 is 1.72 bits per heavy atom. The lowest BCUT2D eigenvalue weighted by atomic mass is 10.4. The van der Waals surface area contributed by atoms with Crippen molar-refractivity contribution in [2.45, 2.75) is 37.0 Å². The number of esters is 1. The number of nitrogens with one attached hydrogen (secondary N) is 1. The molecule has 1 aromatic rings. The molecule has 2 rings (SSSR count). The van der Waals surface area contributed by atoms with Crippen molar-refractivity contribution in [3.63, 3.8) is 0 Å². The first kappa shape index (κ1) is 13.2. The van der Waals surface area contributed by atoms with Crippen LogP contribution in [0.3, 0.4) is 0 Å². The maximum absolute atomic E-state index is 11.5. The summed E-state index contributed by atoms with van der Waals surface area (Å²) in [6.45, 7) is 2.04. The van der Waals surface area contributed by atoms with Crippen molar-refractivity contribution in [1.82, 2.24) is 14.8 Å². The van der Waals surface area contributed by atoms with Gasteiger partial charge in [0.15, 0.2) is 5.16 Å². The third-order valence-corrected chi connectivity index (χ3v) is 3.64. The first-order valence-corrected chi connectivity index (χ1v) is 6.84. The zero-order valence-corrected chi connectivity index (χ0v) is 10.9. The predicted molar refractivity (Wildman–Crippen MR) is 66.5 cm³/mol. The minimum atomic E-state index is -0.700. The number of hydrogen-bond donors (Lipinski definition) is 2. The molecule has 0 aliphatic heterocycles. The van der Waals surface area contributed by atoms with Gasteiger partial charge < -0.3 is 10.5 Å². The third-order valence-electron chi connectivity index (χ3n) is 2.57. The van der Waals surface area contributed by atoms with E-state index in [4.69, 9.17) is 10.5 Å². The molecular weight excluding hydrogens is 256 g/mol. The topological polar surface area (TPSA) is 103 Å². The molecule has 3 N–H and O–H groups in total. The van der Waals surface area contributed by atoms with Crippen LogP contribution in [0, 0.1) is 0 Å². The molecule has 1 saturated carbocycles. The zero-order chi connectivity index (χ0) is 13.1. The number of aromatic nitrogens is 3. The molecule has 8 heteroatoms. The molecule has 1 aliphatic carbocycles. The van der Waals surface area contributed by atoms with Crippen molar-refractivity contribution in [2.24, 2.45) is 5.73 Å². The van der Waals surface area contributed by atoms with Gasteiger partial charge in [-0.2, -0.15) is 0 Å². The summed E-state index contributed by atoms with van der Waals surface area (Å²) >= 11 is 1.29. The molecule has 7 nitrogen and oxygen atoms in total. The van der Waals surface area contributed by atoms with Crippen molar-refractivity contribution < 1.29 is 9.53 Å². The molecule has 1 aromatic heterocycles. The second kappa shape index (κ2) is 5.57. The molecule has 0 bridgehead atoms. The molecule has 0 saturated heterocycles. The Bertz CT molecular complexity index is 480. The van der Waals surface area contributed by atoms with E-state index in [1.807, 2.05) is 0 Å². The summed E-state index contributed by atoms with van der Waals surface area (Å²) in [5.41, 5.74) is 5.48. The van der Waals surface area contributed by atoms with E-state index >= 15 is 0 Å². The molecule has 0 radical (unpaired) electrons. The van der Waals surface area contributed by atoms with E-state index < -0.39 is 12.0 Å². The normalized spacial score (nSPS) is 16.6. The Labute approximate surface area is 108 Å². The summed E-state index contributed by atoms with van der Waals surface area (Å²) in [7, 11) is 0. The van der Waals surface area contributed by atoms with Crippen molar-refractivity contribution >= 4 is 17.7 Å². The second-order valence-electron chi connectivity index (χ2n) is 4.08. The second-order valence-corrected chi connectivity index (χ2v) is 5.07. The maximum Gasteiger partial charge on any atom is 0.344 e. The van der Waals surface area contributed by atoms with Crippen LogP contribution >= 0.6 is 11.8 Å². The summed E-state index contributed by atoms with van der Waals surface area (Å²) in [6.07, 6.45) is 1.99. The van der Waals surface area contributed by atoms with E-state index in [1.54, 1.807) is 11.5 Å². The number of rotatable bonds is 6. The Morgan fingerprint density at radius 2 is 2.44 bits per heavy atom. The van der Waals surface area contributed by atoms with Gasteiger partial charge in [0.05, 0.1) is 6.61 Å². The lowest BCUT2D eigenvalue weighted by Gasteiger charge is -2.09. The largest absolute Gasteiger partial charge is 0.465 e. The number of nitrogens with two attached hydrogens (primary N) is 1. The summed E-state index contributed by atoms with van der Waals surface area (Å²) < 4.78 is 6.44. The van der Waals surface area contributed by atoms with E-state index in [0.717, 1.165) is 12.8 Å². The number of aromatic amines is 1. The van der Waals surface area contributed by atoms with Gasteiger partial charge in [0, 0.05) is 11.8 Å². The smallest absolute Gasteiger partial charge is 0.344 e. The van der Waals surface area contributed by atoms with Gasteiger partial charge in [0.25, 0.3) is 0 Å². The lowest BCUT2D eigenvalue weighted by Crippen LogP contribution is -2.34. The molecule has 1 heterocycles. The fraction of sp³-hybridized carbons (Fsp3) is 0.700. The van der Waals surface area contributed by atoms with Gasteiger partial charge in [-0.1, -0.05) is 11.8 Å². The molecule has 100 valence electrons. The average Bonchev–Trinajstić information content (AvgIpc) is 3.11. The van der Waals surface area contributed by atoms with Gasteiger partial charge in [-0.3, -0.25) is 9.36 Å². The Balaban J connectivity index is 1.94. The van der Waals surface area contributed by atoms with E-state index in [0.29, 0.717) is 17.5 Å². The number of carbonyl (C=O) groups excluding carboxylic acids is 1. The summed E-state index contributed by atoms with van der Waals surface area (Å²) in [6, 6.07) is -0.452. The van der Waals surface area contributed by atoms with E-state index in [2.05, 4.69) is 10.2 Å². The van der Waals surface area contributed by atoms with Gasteiger partial charge in [-0.05, 0) is 19.8 Å². The first-order chi connectivity index (χ1) is 8.63. The van der Waals surface area contributed by atoms with Crippen LogP contribution in [0.25, 0.3) is 0 Å². The molecule has 18 heavy (non-hydrogen) atoms. The van der Waals surface area contributed by atoms with Crippen LogP contribution < -0.4 is 11.4 Å². The fourth-order valence-corrected chi connectivity index (χ4v) is 2.47. The van der Waals surface area contributed by atoms with Crippen molar-refractivity contribution in [2.75, 3.05) is 12.4 Å². The summed E-state index contributed by atoms with van der Waals surface area (Å²) in [5.74, 6) is -0.0867. The maximum atomic E-state index is 11.5. The Hall–Kier alpha value is -1.28. The highest BCUT2D eigenvalue weighted by Crippen LogP contribution is 2.36. The van der Waals surface area contributed by atoms with E-state index in [9.17, 15) is 9.59 Å². The monoisotopic (exact) mass is 272 g/mol. The van der Waals surface area contributed by atoms with Crippen molar-refractivity contribution in [3.05, 3.63) is 10.5 Å². The molecule has 0 aromatic carbocycles. The van der Waals surface area contributed by atoms with Gasteiger partial charge >= 0.3 is 11.7 Å². The van der Waals surface area contributed by atoms with E-state index in [1.165, 1.54) is 11.8 Å². The van der Waals surface area contributed by atoms with Gasteiger partial charge in [0.2, 0.25) is 0 Å². The van der Waals surface area contributed by atoms with Crippen LogP contribution in [0.15, 0.2) is 9.95 Å². The van der Waals surface area contributed by atoms with E-state index in [-0.39, 0.29) is 11.7 Å². The molecule has 1 atom stereocenters. The van der Waals surface area contributed by atoms with Crippen LogP contribution in [-0.4, -0.2) is 39.1 Å². The summed E-state index contributed by atoms with van der Waals surface area (Å²) in [5, 5.41) is 6.94. The zero-order valence-electron chi connectivity index (χ0n) is 10.1. The highest BCUT2D eigenvalue weighted by Gasteiger charge is 2.29. The number of H-pyrrole nitrogens is 1. The molecule has 0 spiro atoms. The lowest BCUT2D eigenvalue weighted by molar-refractivity contribution is -0.144. The van der Waals surface area contributed by atoms with Gasteiger partial charge in [0.1, 0.15) is 6.04 Å². The SMILES string of the molecule is CCOC(=O)C(N)CSc1n[nH]c(=O)n1C1CC1. The molecule has 1 aliphatic rings. The van der Waals surface area contributed by atoms with Gasteiger partial charge in [-0.25, -0.2) is 9.89 Å². The Kier molecular flexibility index (Phi) is 4.07. The van der Waals surface area contributed by atoms with Crippen LogP contribution in [0.5, 0.6) is 0 Å². The van der Waals surface area contributed by atoms with Gasteiger partial charge in [-0.15, -0.1) is 5.10 Å². The van der Waals surface area contributed by atoms with Crippen LogP contribution in [-0.2, 0) is 9.53 Å². The molecular formula is C10H16N4O3S. The fourth-order valence-electron chi connectivity index (χ4n) is 1.53. The quantitative estimate of drug-likeness (QED) is 0.553. The molecule has 0 amide bonds. The summed E-state index contributed by atoms with van der Waals surface area (Å²) in [4.78, 5) is 22.9.